The second-order valence-corrected chi connectivity index (χ2v) is 7.82. The van der Waals surface area contributed by atoms with Crippen molar-refractivity contribution in [3.05, 3.63) is 67.0 Å². The molecule has 4 aromatic rings. The van der Waals surface area contributed by atoms with Crippen molar-refractivity contribution < 1.29 is 9.66 Å². The lowest BCUT2D eigenvalue weighted by atomic mass is 9.99. The molecule has 0 fully saturated rings. The van der Waals surface area contributed by atoms with Crippen molar-refractivity contribution in [2.45, 2.75) is 11.8 Å². The molecule has 0 spiro atoms. The minimum absolute atomic E-state index is 0.00365. The van der Waals surface area contributed by atoms with Crippen molar-refractivity contribution in [1.29, 1.82) is 0 Å². The largest absolute Gasteiger partial charge is 0.593 e. The van der Waals surface area contributed by atoms with E-state index in [1.807, 2.05) is 61.5 Å². The van der Waals surface area contributed by atoms with Crippen LogP contribution in [0.5, 0.6) is 5.88 Å². The lowest BCUT2D eigenvalue weighted by Crippen LogP contribution is -2.22. The summed E-state index contributed by atoms with van der Waals surface area (Å²) >= 11 is -1.21. The van der Waals surface area contributed by atoms with Crippen LogP contribution in [0.15, 0.2) is 71.9 Å². The van der Waals surface area contributed by atoms with Crippen LogP contribution in [0.2, 0.25) is 0 Å². The number of hydrogen-bond donors (Lipinski definition) is 3. The van der Waals surface area contributed by atoms with Crippen molar-refractivity contribution in [2.24, 2.45) is 0 Å². The number of rotatable bonds is 5. The summed E-state index contributed by atoms with van der Waals surface area (Å²) in [4.78, 5) is 8.99. The number of anilines is 1. The molecule has 0 aliphatic heterocycles. The zero-order valence-electron chi connectivity index (χ0n) is 15.8. The molecule has 0 bridgehead atoms. The standard InChI is InChI=1S/C22H20N4O2S/c1-2-26-29(28)18-6-3-14(4-7-18)17-12-20(21(23)25-13-17)15-5-8-19-16(11-15)9-10-24-22(19)27/h3-13,26H,2H2,1H3,(H2,23,25)(H,24,27). The highest BCUT2D eigenvalue weighted by atomic mass is 32.2. The van der Waals surface area contributed by atoms with Gasteiger partial charge in [0.15, 0.2) is 4.90 Å². The third-order valence-electron chi connectivity index (χ3n) is 4.65. The second kappa shape index (κ2) is 8.08. The van der Waals surface area contributed by atoms with Gasteiger partial charge in [-0.3, -0.25) is 0 Å². The van der Waals surface area contributed by atoms with Gasteiger partial charge >= 0.3 is 0 Å². The van der Waals surface area contributed by atoms with E-state index in [4.69, 9.17) is 5.73 Å². The maximum atomic E-state index is 12.1. The van der Waals surface area contributed by atoms with Crippen LogP contribution in [0.3, 0.4) is 0 Å². The molecule has 0 aliphatic rings. The number of nitrogens with one attached hydrogen (secondary N) is 1. The molecule has 2 aromatic carbocycles. The van der Waals surface area contributed by atoms with Gasteiger partial charge in [0, 0.05) is 35.5 Å². The van der Waals surface area contributed by atoms with Crippen molar-refractivity contribution >= 4 is 28.0 Å². The first kappa shape index (κ1) is 19.2. The molecule has 0 saturated heterocycles. The van der Waals surface area contributed by atoms with Gasteiger partial charge in [0.05, 0.1) is 11.4 Å². The van der Waals surface area contributed by atoms with Gasteiger partial charge in [-0.1, -0.05) is 6.07 Å². The molecule has 0 amide bonds. The average molecular weight is 404 g/mol. The van der Waals surface area contributed by atoms with Crippen molar-refractivity contribution in [3.63, 3.8) is 0 Å². The summed E-state index contributed by atoms with van der Waals surface area (Å²) in [6, 6.07) is 17.0. The minimum atomic E-state index is -1.21. The highest BCUT2D eigenvalue weighted by Gasteiger charge is 2.12. The number of aromatic nitrogens is 2. The van der Waals surface area contributed by atoms with Crippen LogP contribution < -0.4 is 10.5 Å². The van der Waals surface area contributed by atoms with Crippen LogP contribution >= 0.6 is 0 Å². The number of pyridine rings is 2. The highest BCUT2D eigenvalue weighted by Crippen LogP contribution is 2.33. The number of nitrogens with zero attached hydrogens (tertiary/aromatic N) is 2. The Labute approximate surface area is 171 Å². The molecule has 0 saturated carbocycles. The van der Waals surface area contributed by atoms with E-state index in [0.29, 0.717) is 17.7 Å². The van der Waals surface area contributed by atoms with Gasteiger partial charge in [-0.2, -0.15) is 0 Å². The van der Waals surface area contributed by atoms with E-state index in [1.54, 1.807) is 12.4 Å². The Bertz CT molecular complexity index is 1170. The SMILES string of the molecule is CCN[S+]([O-])c1ccc(-c2cnc(N)c(-c3ccc4c(O)nccc4c3)c2)cc1. The van der Waals surface area contributed by atoms with Crippen LogP contribution in [-0.2, 0) is 11.4 Å². The number of fused-ring (bicyclic) bond motifs is 1. The Kier molecular flexibility index (Phi) is 5.35. The van der Waals surface area contributed by atoms with E-state index in [-0.39, 0.29) is 5.88 Å². The maximum Gasteiger partial charge on any atom is 0.218 e. The summed E-state index contributed by atoms with van der Waals surface area (Å²) in [7, 11) is 0. The van der Waals surface area contributed by atoms with Crippen molar-refractivity contribution in [1.82, 2.24) is 14.7 Å². The Balaban J connectivity index is 1.71. The first-order chi connectivity index (χ1) is 14.1. The molecule has 1 atom stereocenters. The molecular formula is C22H20N4O2S. The van der Waals surface area contributed by atoms with Gasteiger partial charge in [0.2, 0.25) is 5.88 Å². The van der Waals surface area contributed by atoms with E-state index < -0.39 is 11.4 Å². The molecule has 2 aromatic heterocycles. The molecule has 4 N–H and O–H groups in total. The highest BCUT2D eigenvalue weighted by molar-refractivity contribution is 7.89. The predicted molar refractivity (Wildman–Crippen MR) is 117 cm³/mol. The molecule has 6 nitrogen and oxygen atoms in total. The summed E-state index contributed by atoms with van der Waals surface area (Å²) in [6.07, 6.45) is 3.30. The fourth-order valence-corrected chi connectivity index (χ4v) is 3.99. The molecule has 0 radical (unpaired) electrons. The van der Waals surface area contributed by atoms with E-state index in [1.165, 1.54) is 0 Å². The van der Waals surface area contributed by atoms with Crippen molar-refractivity contribution in [2.75, 3.05) is 12.3 Å². The number of aromatic hydroxyl groups is 1. The first-order valence-corrected chi connectivity index (χ1v) is 10.3. The van der Waals surface area contributed by atoms with Crippen molar-refractivity contribution in [3.8, 4) is 28.1 Å². The Morgan fingerprint density at radius 3 is 2.52 bits per heavy atom. The van der Waals surface area contributed by atoms with Crippen LogP contribution in [0, 0.1) is 0 Å². The molecule has 29 heavy (non-hydrogen) atoms. The third-order valence-corrected chi connectivity index (χ3v) is 5.90. The Morgan fingerprint density at radius 2 is 1.76 bits per heavy atom. The van der Waals surface area contributed by atoms with Gasteiger partial charge in [-0.25, -0.2) is 9.97 Å². The van der Waals surface area contributed by atoms with Crippen LogP contribution in [0.4, 0.5) is 5.82 Å². The van der Waals surface area contributed by atoms with Gasteiger partial charge in [0.1, 0.15) is 5.82 Å². The van der Waals surface area contributed by atoms with E-state index in [9.17, 15) is 9.66 Å². The summed E-state index contributed by atoms with van der Waals surface area (Å²) in [6.45, 7) is 2.55. The predicted octanol–water partition coefficient (Wildman–Crippen LogP) is 3.88. The zero-order chi connectivity index (χ0) is 20.4. The van der Waals surface area contributed by atoms with E-state index in [2.05, 4.69) is 14.7 Å². The zero-order valence-corrected chi connectivity index (χ0v) is 16.6. The normalized spacial score (nSPS) is 12.2. The maximum absolute atomic E-state index is 12.1. The van der Waals surface area contributed by atoms with Gasteiger partial charge in [-0.15, -0.1) is 4.72 Å². The molecule has 7 heteroatoms. The van der Waals surface area contributed by atoms with Gasteiger partial charge in [0.25, 0.3) is 0 Å². The summed E-state index contributed by atoms with van der Waals surface area (Å²) in [5.41, 5.74) is 9.73. The van der Waals surface area contributed by atoms with Crippen LogP contribution in [-0.4, -0.2) is 26.2 Å². The van der Waals surface area contributed by atoms with E-state index in [0.717, 1.165) is 32.5 Å². The van der Waals surface area contributed by atoms with Gasteiger partial charge < -0.3 is 15.4 Å². The number of nitrogen functional groups attached to an aromatic ring is 1. The summed E-state index contributed by atoms with van der Waals surface area (Å²) < 4.78 is 15.0. The first-order valence-electron chi connectivity index (χ1n) is 9.16. The van der Waals surface area contributed by atoms with Crippen LogP contribution in [0.1, 0.15) is 6.92 Å². The monoisotopic (exact) mass is 404 g/mol. The lowest BCUT2D eigenvalue weighted by molar-refractivity contribution is 0.460. The van der Waals surface area contributed by atoms with E-state index >= 15 is 0 Å². The number of hydrogen-bond acceptors (Lipinski definition) is 6. The molecule has 146 valence electrons. The lowest BCUT2D eigenvalue weighted by Gasteiger charge is -2.11. The average Bonchev–Trinajstić information content (AvgIpc) is 2.74. The Hall–Kier alpha value is -3.13. The summed E-state index contributed by atoms with van der Waals surface area (Å²) in [5.74, 6) is 0.431. The van der Waals surface area contributed by atoms with Crippen LogP contribution in [0.25, 0.3) is 33.0 Å². The minimum Gasteiger partial charge on any atom is -0.593 e. The molecule has 0 aliphatic carbocycles. The Morgan fingerprint density at radius 1 is 1.00 bits per heavy atom. The smallest absolute Gasteiger partial charge is 0.218 e. The number of nitrogens with two attached hydrogens (primary N) is 1. The summed E-state index contributed by atoms with van der Waals surface area (Å²) in [5, 5.41) is 11.5. The molecule has 4 rings (SSSR count). The number of benzene rings is 2. The quantitative estimate of drug-likeness (QED) is 0.436. The topological polar surface area (TPSA) is 107 Å². The molecular weight excluding hydrogens is 384 g/mol. The van der Waals surface area contributed by atoms with Gasteiger partial charge in [-0.05, 0) is 72.0 Å². The second-order valence-electron chi connectivity index (χ2n) is 6.52. The molecule has 2 heterocycles. The molecule has 1 unspecified atom stereocenters. The third kappa shape index (κ3) is 3.88. The fourth-order valence-electron chi connectivity index (χ4n) is 3.18. The fraction of sp³-hybridized carbons (Fsp3) is 0.0909.